The summed E-state index contributed by atoms with van der Waals surface area (Å²) >= 11 is 0. The lowest BCUT2D eigenvalue weighted by atomic mass is 9.77. The summed E-state index contributed by atoms with van der Waals surface area (Å²) in [4.78, 5) is 14.7. The fraction of sp³-hybridized carbons (Fsp3) is 0.0652. The lowest BCUT2D eigenvalue weighted by Gasteiger charge is -2.26. The molecular weight excluding hydrogens is 595 g/mol. The molecule has 0 aliphatic heterocycles. The molecule has 0 bridgehead atoms. The quantitative estimate of drug-likeness (QED) is 0.183. The molecule has 0 spiro atoms. The topological polar surface area (TPSA) is 38.7 Å². The van der Waals surface area contributed by atoms with Crippen molar-refractivity contribution >= 4 is 43.5 Å². The second-order valence-electron chi connectivity index (χ2n) is 13.6. The predicted octanol–water partition coefficient (Wildman–Crippen LogP) is 11.8. The number of aromatic nitrogens is 3. The Bertz CT molecular complexity index is 2790. The smallest absolute Gasteiger partial charge is 0.0970 e. The second-order valence-corrected chi connectivity index (χ2v) is 13.6. The monoisotopic (exact) mass is 625 g/mol. The van der Waals surface area contributed by atoms with Gasteiger partial charge in [0, 0.05) is 39.5 Å². The van der Waals surface area contributed by atoms with Gasteiger partial charge in [-0.3, -0.25) is 9.97 Å². The van der Waals surface area contributed by atoms with Crippen LogP contribution in [0.25, 0.3) is 88.1 Å². The summed E-state index contributed by atoms with van der Waals surface area (Å²) in [6, 6.07) is 50.4. The number of rotatable bonds is 3. The Kier molecular flexibility index (Phi) is 5.92. The Morgan fingerprint density at radius 1 is 0.490 bits per heavy atom. The Labute approximate surface area is 284 Å². The van der Waals surface area contributed by atoms with Gasteiger partial charge < -0.3 is 0 Å². The van der Waals surface area contributed by atoms with Gasteiger partial charge in [0.2, 0.25) is 0 Å². The van der Waals surface area contributed by atoms with Gasteiger partial charge in [0.1, 0.15) is 0 Å². The van der Waals surface area contributed by atoms with Crippen LogP contribution in [0.2, 0.25) is 0 Å². The van der Waals surface area contributed by atoms with Crippen LogP contribution >= 0.6 is 0 Å². The molecule has 10 rings (SSSR count). The number of hydrogen-bond acceptors (Lipinski definition) is 3. The molecule has 0 N–H and O–H groups in total. The summed E-state index contributed by atoms with van der Waals surface area (Å²) in [5.41, 5.74) is 14.8. The zero-order valence-electron chi connectivity index (χ0n) is 27.3. The van der Waals surface area contributed by atoms with Gasteiger partial charge in [-0.15, -0.1) is 0 Å². The van der Waals surface area contributed by atoms with Gasteiger partial charge in [-0.25, -0.2) is 4.98 Å². The second kappa shape index (κ2) is 10.4. The average molecular weight is 626 g/mol. The number of pyridine rings is 3. The fourth-order valence-corrected chi connectivity index (χ4v) is 8.21. The first-order valence-corrected chi connectivity index (χ1v) is 16.9. The number of fused-ring (bicyclic) bond motifs is 9. The van der Waals surface area contributed by atoms with E-state index >= 15 is 0 Å². The first-order chi connectivity index (χ1) is 24.1. The Morgan fingerprint density at radius 2 is 1.20 bits per heavy atom. The van der Waals surface area contributed by atoms with Gasteiger partial charge in [0.25, 0.3) is 0 Å². The summed E-state index contributed by atoms with van der Waals surface area (Å²) in [5.74, 6) is 0. The summed E-state index contributed by atoms with van der Waals surface area (Å²) < 4.78 is 0. The van der Waals surface area contributed by atoms with Crippen LogP contribution in [0.3, 0.4) is 0 Å². The van der Waals surface area contributed by atoms with Crippen LogP contribution in [0.5, 0.6) is 0 Å². The van der Waals surface area contributed by atoms with E-state index in [1.165, 1.54) is 55.1 Å². The highest BCUT2D eigenvalue weighted by molar-refractivity contribution is 6.16. The lowest BCUT2D eigenvalue weighted by molar-refractivity contribution is 0.662. The first-order valence-electron chi connectivity index (χ1n) is 16.9. The van der Waals surface area contributed by atoms with Crippen molar-refractivity contribution in [3.05, 3.63) is 163 Å². The molecule has 0 saturated carbocycles. The molecule has 0 unspecified atom stereocenters. The molecule has 1 aliphatic rings. The van der Waals surface area contributed by atoms with E-state index in [4.69, 9.17) is 9.97 Å². The minimum absolute atomic E-state index is 0.204. The maximum atomic E-state index is 5.38. The number of benzene rings is 6. The molecule has 0 amide bonds. The van der Waals surface area contributed by atoms with E-state index in [0.717, 1.165) is 44.1 Å². The molecule has 3 heterocycles. The Hall–Kier alpha value is -6.19. The third-order valence-electron chi connectivity index (χ3n) is 10.5. The van der Waals surface area contributed by atoms with Crippen molar-refractivity contribution in [3.8, 4) is 44.6 Å². The highest BCUT2D eigenvalue weighted by Crippen LogP contribution is 2.54. The van der Waals surface area contributed by atoms with Gasteiger partial charge in [0.15, 0.2) is 0 Å². The van der Waals surface area contributed by atoms with Crippen LogP contribution in [0, 0.1) is 0 Å². The van der Waals surface area contributed by atoms with E-state index in [1.807, 2.05) is 24.5 Å². The van der Waals surface area contributed by atoms with Crippen molar-refractivity contribution < 1.29 is 0 Å². The highest BCUT2D eigenvalue weighted by atomic mass is 14.7. The van der Waals surface area contributed by atoms with Gasteiger partial charge in [0.05, 0.1) is 22.2 Å². The van der Waals surface area contributed by atoms with E-state index in [9.17, 15) is 0 Å². The van der Waals surface area contributed by atoms with Crippen molar-refractivity contribution in [2.45, 2.75) is 19.3 Å². The maximum Gasteiger partial charge on any atom is 0.0970 e. The lowest BCUT2D eigenvalue weighted by Crippen LogP contribution is -2.16. The number of nitrogens with zero attached hydrogens (tertiary/aromatic N) is 3. The minimum Gasteiger partial charge on any atom is -0.254 e. The van der Waals surface area contributed by atoms with Gasteiger partial charge in [-0.1, -0.05) is 123 Å². The summed E-state index contributed by atoms with van der Waals surface area (Å²) in [5, 5.41) is 5.88. The van der Waals surface area contributed by atoms with E-state index < -0.39 is 0 Å². The SMILES string of the molecule is CC1(C)c2ccccc2-c2nc3ccc4ccccc4c3c(-c3cccc(-c4ccc(-c5cc6cccnc6c6ncccc56)cc4)c3)c21. The van der Waals surface area contributed by atoms with Crippen LogP contribution in [0.4, 0.5) is 0 Å². The standard InChI is InChI=1S/C46H31N3/c1-46(2)38-17-6-5-15-36(38)44-42(46)40(41-34-14-4-3-10-29(34)22-23-39(41)49-44)32-12-7-11-31(26-32)28-18-20-30(21-19-28)37-27-33-13-8-24-47-43(33)45-35(37)16-9-25-48-45/h3-27H,1-2H3. The van der Waals surface area contributed by atoms with Gasteiger partial charge in [-0.05, 0) is 85.6 Å². The highest BCUT2D eigenvalue weighted by Gasteiger charge is 2.39. The average Bonchev–Trinajstić information content (AvgIpc) is 3.39. The number of hydrogen-bond donors (Lipinski definition) is 0. The third-order valence-corrected chi connectivity index (χ3v) is 10.5. The van der Waals surface area contributed by atoms with Crippen LogP contribution in [0.15, 0.2) is 152 Å². The zero-order chi connectivity index (χ0) is 32.7. The molecule has 3 heteroatoms. The van der Waals surface area contributed by atoms with Crippen LogP contribution in [-0.2, 0) is 5.41 Å². The molecule has 3 aromatic heterocycles. The summed E-state index contributed by atoms with van der Waals surface area (Å²) in [7, 11) is 0. The van der Waals surface area contributed by atoms with Crippen molar-refractivity contribution in [3.63, 3.8) is 0 Å². The Morgan fingerprint density at radius 3 is 2.10 bits per heavy atom. The molecular formula is C46H31N3. The van der Waals surface area contributed by atoms with Crippen molar-refractivity contribution in [2.75, 3.05) is 0 Å². The largest absolute Gasteiger partial charge is 0.254 e. The van der Waals surface area contributed by atoms with E-state index in [-0.39, 0.29) is 5.41 Å². The molecule has 0 radical (unpaired) electrons. The summed E-state index contributed by atoms with van der Waals surface area (Å²) in [6.45, 7) is 4.70. The maximum absolute atomic E-state index is 5.38. The van der Waals surface area contributed by atoms with Crippen LogP contribution < -0.4 is 0 Å². The van der Waals surface area contributed by atoms with Crippen molar-refractivity contribution in [1.29, 1.82) is 0 Å². The molecule has 49 heavy (non-hydrogen) atoms. The molecule has 6 aromatic carbocycles. The molecule has 0 saturated heterocycles. The van der Waals surface area contributed by atoms with E-state index in [2.05, 4.69) is 146 Å². The molecule has 3 nitrogen and oxygen atoms in total. The molecule has 0 fully saturated rings. The van der Waals surface area contributed by atoms with E-state index in [0.29, 0.717) is 0 Å². The van der Waals surface area contributed by atoms with Crippen LogP contribution in [0.1, 0.15) is 25.0 Å². The van der Waals surface area contributed by atoms with Crippen molar-refractivity contribution in [1.82, 2.24) is 15.0 Å². The van der Waals surface area contributed by atoms with Crippen molar-refractivity contribution in [2.24, 2.45) is 0 Å². The fourth-order valence-electron chi connectivity index (χ4n) is 8.21. The normalized spacial score (nSPS) is 13.3. The molecule has 9 aromatic rings. The minimum atomic E-state index is -0.204. The Balaban J connectivity index is 1.16. The predicted molar refractivity (Wildman–Crippen MR) is 204 cm³/mol. The van der Waals surface area contributed by atoms with Gasteiger partial charge in [-0.2, -0.15) is 0 Å². The molecule has 1 aliphatic carbocycles. The third kappa shape index (κ3) is 4.12. The molecule has 230 valence electrons. The van der Waals surface area contributed by atoms with Crippen LogP contribution in [-0.4, -0.2) is 15.0 Å². The van der Waals surface area contributed by atoms with E-state index in [1.54, 1.807) is 0 Å². The van der Waals surface area contributed by atoms with Gasteiger partial charge >= 0.3 is 0 Å². The zero-order valence-corrected chi connectivity index (χ0v) is 27.3. The summed E-state index contributed by atoms with van der Waals surface area (Å²) in [6.07, 6.45) is 3.69. The first kappa shape index (κ1) is 27.9. The molecule has 0 atom stereocenters.